The summed E-state index contributed by atoms with van der Waals surface area (Å²) in [5, 5.41) is 11.2. The number of aliphatic hydroxyl groups is 1. The number of aliphatic hydroxyl groups excluding tert-OH is 1. The van der Waals surface area contributed by atoms with Crippen molar-refractivity contribution in [3.05, 3.63) is 101 Å². The molecule has 1 unspecified atom stereocenters. The monoisotopic (exact) mass is 442 g/mol. The maximum Gasteiger partial charge on any atom is 0.295 e. The zero-order chi connectivity index (χ0) is 23.5. The third-order valence-electron chi connectivity index (χ3n) is 5.92. The van der Waals surface area contributed by atoms with Crippen molar-refractivity contribution in [3.63, 3.8) is 0 Å². The molecule has 0 radical (unpaired) electrons. The highest BCUT2D eigenvalue weighted by atomic mass is 16.5. The van der Waals surface area contributed by atoms with Crippen LogP contribution in [-0.2, 0) is 16.1 Å². The van der Waals surface area contributed by atoms with Crippen LogP contribution in [0.3, 0.4) is 0 Å². The molecule has 1 aromatic heterocycles. The van der Waals surface area contributed by atoms with E-state index in [1.165, 1.54) is 4.90 Å². The van der Waals surface area contributed by atoms with E-state index in [9.17, 15) is 14.7 Å². The van der Waals surface area contributed by atoms with Crippen molar-refractivity contribution in [1.82, 2.24) is 9.88 Å². The van der Waals surface area contributed by atoms with E-state index in [1.807, 2.05) is 36.4 Å². The molecule has 0 bridgehead atoms. The van der Waals surface area contributed by atoms with E-state index >= 15 is 0 Å². The quantitative estimate of drug-likeness (QED) is 0.336. The minimum absolute atomic E-state index is 0.0801. The minimum Gasteiger partial charge on any atom is -0.507 e. The fourth-order valence-electron chi connectivity index (χ4n) is 4.04. The zero-order valence-corrected chi connectivity index (χ0v) is 18.9. The molecule has 1 fully saturated rings. The molecule has 4 rings (SSSR count). The Kier molecular flexibility index (Phi) is 6.27. The number of likely N-dealkylation sites (tertiary alicyclic amines) is 1. The van der Waals surface area contributed by atoms with Crippen molar-refractivity contribution in [2.24, 2.45) is 0 Å². The second kappa shape index (κ2) is 9.28. The topological polar surface area (TPSA) is 79.7 Å². The lowest BCUT2D eigenvalue weighted by atomic mass is 9.93. The molecule has 3 aromatic rings. The predicted octanol–water partition coefficient (Wildman–Crippen LogP) is 4.84. The first-order chi connectivity index (χ1) is 15.9. The molecule has 1 amide bonds. The van der Waals surface area contributed by atoms with Gasteiger partial charge in [-0.3, -0.25) is 14.6 Å². The number of Topliss-reactive ketones (excluding diaryl/α,β-unsaturated/α-hetero) is 1. The van der Waals surface area contributed by atoms with Crippen LogP contribution in [0.1, 0.15) is 48.1 Å². The average molecular weight is 443 g/mol. The van der Waals surface area contributed by atoms with Crippen LogP contribution >= 0.6 is 0 Å². The standard InChI is InChI=1S/C27H26N2O4/c1-17(2)19-4-6-20(7-5-19)24-23(25(30)21-8-10-22(33-3)11-9-21)26(31)27(32)29(24)16-18-12-14-28-15-13-18/h4-15,17,24,30H,16H2,1-3H3/b25-23+. The Balaban J connectivity index is 1.83. The molecule has 1 aliphatic heterocycles. The molecule has 1 atom stereocenters. The summed E-state index contributed by atoms with van der Waals surface area (Å²) in [7, 11) is 1.56. The third-order valence-corrected chi connectivity index (χ3v) is 5.92. The van der Waals surface area contributed by atoms with Crippen LogP contribution in [0.25, 0.3) is 5.76 Å². The van der Waals surface area contributed by atoms with Gasteiger partial charge in [-0.05, 0) is 59.0 Å². The molecular formula is C27H26N2O4. The molecule has 6 heteroatoms. The van der Waals surface area contributed by atoms with Crippen LogP contribution < -0.4 is 4.74 Å². The maximum absolute atomic E-state index is 13.2. The molecule has 168 valence electrons. The second-order valence-corrected chi connectivity index (χ2v) is 8.33. The molecule has 1 aliphatic rings. The summed E-state index contributed by atoms with van der Waals surface area (Å²) in [4.78, 5) is 31.8. The molecule has 0 aliphatic carbocycles. The van der Waals surface area contributed by atoms with Crippen LogP contribution in [0.4, 0.5) is 0 Å². The summed E-state index contributed by atoms with van der Waals surface area (Å²) < 4.78 is 5.18. The number of aromatic nitrogens is 1. The molecule has 0 saturated carbocycles. The Morgan fingerprint density at radius 3 is 2.21 bits per heavy atom. The zero-order valence-electron chi connectivity index (χ0n) is 18.9. The summed E-state index contributed by atoms with van der Waals surface area (Å²) in [5.41, 5.74) is 3.29. The van der Waals surface area contributed by atoms with Gasteiger partial charge in [0.15, 0.2) is 0 Å². The lowest BCUT2D eigenvalue weighted by molar-refractivity contribution is -0.140. The summed E-state index contributed by atoms with van der Waals surface area (Å²) >= 11 is 0. The van der Waals surface area contributed by atoms with Gasteiger partial charge >= 0.3 is 0 Å². The number of carbonyl (C=O) groups excluding carboxylic acids is 2. The summed E-state index contributed by atoms with van der Waals surface area (Å²) in [5.74, 6) is -0.562. The predicted molar refractivity (Wildman–Crippen MR) is 126 cm³/mol. The minimum atomic E-state index is -0.707. The first-order valence-corrected chi connectivity index (χ1v) is 10.8. The van der Waals surface area contributed by atoms with Crippen molar-refractivity contribution in [2.45, 2.75) is 32.4 Å². The molecule has 0 spiro atoms. The van der Waals surface area contributed by atoms with Crippen LogP contribution in [0, 0.1) is 0 Å². The van der Waals surface area contributed by atoms with E-state index in [0.717, 1.165) is 16.7 Å². The van der Waals surface area contributed by atoms with E-state index in [4.69, 9.17) is 4.74 Å². The summed E-state index contributed by atoms with van der Waals surface area (Å²) in [6.45, 7) is 4.44. The Bertz CT molecular complexity index is 1180. The lowest BCUT2D eigenvalue weighted by Gasteiger charge is -2.25. The van der Waals surface area contributed by atoms with Gasteiger partial charge in [0.05, 0.1) is 18.7 Å². The van der Waals surface area contributed by atoms with Gasteiger partial charge in [0, 0.05) is 24.5 Å². The van der Waals surface area contributed by atoms with E-state index in [1.54, 1.807) is 43.8 Å². The van der Waals surface area contributed by atoms with Crippen LogP contribution in [-0.4, -0.2) is 33.8 Å². The molecule has 2 heterocycles. The highest BCUT2D eigenvalue weighted by Gasteiger charge is 2.46. The number of carbonyl (C=O) groups is 2. The van der Waals surface area contributed by atoms with Crippen molar-refractivity contribution < 1.29 is 19.4 Å². The number of ether oxygens (including phenoxy) is 1. The van der Waals surface area contributed by atoms with Crippen LogP contribution in [0.15, 0.2) is 78.6 Å². The van der Waals surface area contributed by atoms with Gasteiger partial charge in [-0.25, -0.2) is 0 Å². The van der Waals surface area contributed by atoms with Crippen molar-refractivity contribution in [2.75, 3.05) is 7.11 Å². The largest absolute Gasteiger partial charge is 0.507 e. The SMILES string of the molecule is COc1ccc(/C(O)=C2\C(=O)C(=O)N(Cc3ccncc3)C2c2ccc(C(C)C)cc2)cc1. The second-order valence-electron chi connectivity index (χ2n) is 8.33. The number of methoxy groups -OCH3 is 1. The number of hydrogen-bond acceptors (Lipinski definition) is 5. The molecule has 2 aromatic carbocycles. The third kappa shape index (κ3) is 4.37. The van der Waals surface area contributed by atoms with Crippen molar-refractivity contribution in [3.8, 4) is 5.75 Å². The highest BCUT2D eigenvalue weighted by molar-refractivity contribution is 6.46. The number of benzene rings is 2. The Morgan fingerprint density at radius 1 is 1.00 bits per heavy atom. The lowest BCUT2D eigenvalue weighted by Crippen LogP contribution is -2.29. The number of pyridine rings is 1. The molecular weight excluding hydrogens is 416 g/mol. The number of ketones is 1. The number of nitrogens with zero attached hydrogens (tertiary/aromatic N) is 2. The Morgan fingerprint density at radius 2 is 1.64 bits per heavy atom. The van der Waals surface area contributed by atoms with Crippen molar-refractivity contribution in [1.29, 1.82) is 0 Å². The molecule has 1 N–H and O–H groups in total. The number of amides is 1. The van der Waals surface area contributed by atoms with Gasteiger partial charge in [-0.1, -0.05) is 38.1 Å². The van der Waals surface area contributed by atoms with Crippen molar-refractivity contribution >= 4 is 17.4 Å². The van der Waals surface area contributed by atoms with Gasteiger partial charge in [0.2, 0.25) is 0 Å². The highest BCUT2D eigenvalue weighted by Crippen LogP contribution is 2.40. The fourth-order valence-corrected chi connectivity index (χ4v) is 4.04. The van der Waals surface area contributed by atoms with Gasteiger partial charge < -0.3 is 14.7 Å². The van der Waals surface area contributed by atoms with Gasteiger partial charge in [-0.15, -0.1) is 0 Å². The maximum atomic E-state index is 13.2. The Hall–Kier alpha value is -3.93. The van der Waals surface area contributed by atoms with Crippen LogP contribution in [0.5, 0.6) is 5.75 Å². The number of hydrogen-bond donors (Lipinski definition) is 1. The summed E-state index contributed by atoms with van der Waals surface area (Å²) in [6, 6.07) is 17.5. The summed E-state index contributed by atoms with van der Waals surface area (Å²) in [6.07, 6.45) is 3.30. The van der Waals surface area contributed by atoms with Gasteiger partial charge in [-0.2, -0.15) is 0 Å². The van der Waals surface area contributed by atoms with Gasteiger partial charge in [0.25, 0.3) is 11.7 Å². The molecule has 33 heavy (non-hydrogen) atoms. The first kappa shape index (κ1) is 22.3. The average Bonchev–Trinajstić information content (AvgIpc) is 3.09. The fraction of sp³-hybridized carbons (Fsp3) is 0.222. The van der Waals surface area contributed by atoms with E-state index in [2.05, 4.69) is 18.8 Å². The molecule has 1 saturated heterocycles. The Labute approximate surface area is 193 Å². The first-order valence-electron chi connectivity index (χ1n) is 10.8. The van der Waals surface area contributed by atoms with E-state index in [-0.39, 0.29) is 17.9 Å². The molecule has 6 nitrogen and oxygen atoms in total. The normalized spacial score (nSPS) is 17.6. The smallest absolute Gasteiger partial charge is 0.295 e. The van der Waals surface area contributed by atoms with E-state index in [0.29, 0.717) is 17.2 Å². The van der Waals surface area contributed by atoms with Gasteiger partial charge in [0.1, 0.15) is 11.5 Å². The van der Waals surface area contributed by atoms with E-state index < -0.39 is 17.7 Å². The van der Waals surface area contributed by atoms with Crippen LogP contribution in [0.2, 0.25) is 0 Å². The number of rotatable bonds is 6.